The number of hydrogen-bond acceptors (Lipinski definition) is 3. The fraction of sp³-hybridized carbons (Fsp3) is 0.846. The van der Waals surface area contributed by atoms with E-state index < -0.39 is 0 Å². The minimum Gasteiger partial charge on any atom is -0.308 e. The van der Waals surface area contributed by atoms with Crippen molar-refractivity contribution in [3.63, 3.8) is 0 Å². The summed E-state index contributed by atoms with van der Waals surface area (Å²) in [5.41, 5.74) is 1.09. The Morgan fingerprint density at radius 1 is 1.24 bits per heavy atom. The van der Waals surface area contributed by atoms with E-state index in [-0.39, 0.29) is 0 Å². The highest BCUT2D eigenvalue weighted by molar-refractivity contribution is 4.95. The summed E-state index contributed by atoms with van der Waals surface area (Å²) in [4.78, 5) is 0. The molecular weight excluding hydrogens is 212 g/mol. The molecule has 0 aliphatic heterocycles. The predicted molar refractivity (Wildman–Crippen MR) is 66.6 cm³/mol. The van der Waals surface area contributed by atoms with Gasteiger partial charge in [0, 0.05) is 12.6 Å². The quantitative estimate of drug-likeness (QED) is 0.869. The van der Waals surface area contributed by atoms with Gasteiger partial charge >= 0.3 is 0 Å². The van der Waals surface area contributed by atoms with E-state index in [9.17, 15) is 0 Å². The highest BCUT2D eigenvalue weighted by Crippen LogP contribution is 2.31. The second-order valence-electron chi connectivity index (χ2n) is 5.76. The van der Waals surface area contributed by atoms with Crippen molar-refractivity contribution >= 4 is 0 Å². The third kappa shape index (κ3) is 2.86. The van der Waals surface area contributed by atoms with Gasteiger partial charge in [0.25, 0.3) is 0 Å². The van der Waals surface area contributed by atoms with Crippen molar-refractivity contribution in [2.75, 3.05) is 0 Å². The molecule has 1 aromatic rings. The van der Waals surface area contributed by atoms with Crippen molar-refractivity contribution in [3.8, 4) is 0 Å². The number of hydrogen-bond donors (Lipinski definition) is 1. The third-order valence-corrected chi connectivity index (χ3v) is 4.07. The van der Waals surface area contributed by atoms with Crippen molar-refractivity contribution in [3.05, 3.63) is 11.9 Å². The zero-order valence-electron chi connectivity index (χ0n) is 10.6. The summed E-state index contributed by atoms with van der Waals surface area (Å²) in [5, 5.41) is 12.0. The average molecular weight is 234 g/mol. The maximum atomic E-state index is 4.29. The molecule has 0 unspecified atom stereocenters. The molecule has 4 nitrogen and oxygen atoms in total. The van der Waals surface area contributed by atoms with Crippen LogP contribution in [0.5, 0.6) is 0 Å². The predicted octanol–water partition coefficient (Wildman–Crippen LogP) is 2.28. The summed E-state index contributed by atoms with van der Waals surface area (Å²) in [6, 6.07) is 1.34. The van der Waals surface area contributed by atoms with Crippen molar-refractivity contribution in [1.82, 2.24) is 20.3 Å². The maximum absolute atomic E-state index is 4.29. The molecular formula is C13H22N4. The molecule has 0 amide bonds. The molecule has 0 spiro atoms. The van der Waals surface area contributed by atoms with Gasteiger partial charge < -0.3 is 5.32 Å². The van der Waals surface area contributed by atoms with Crippen molar-refractivity contribution in [2.45, 2.75) is 64.1 Å². The standard InChI is InChI=1S/C13H22N4/c1-10-2-6-13(7-3-10)17-9-12(15-16-17)8-14-11-4-5-11/h9-11,13-14H,2-8H2,1H3. The van der Waals surface area contributed by atoms with Gasteiger partial charge in [0.15, 0.2) is 0 Å². The molecule has 2 saturated carbocycles. The van der Waals surface area contributed by atoms with E-state index in [0.717, 1.165) is 24.2 Å². The van der Waals surface area contributed by atoms with Gasteiger partial charge in [0.1, 0.15) is 0 Å². The minimum atomic E-state index is 0.591. The summed E-state index contributed by atoms with van der Waals surface area (Å²) < 4.78 is 2.09. The Bertz CT molecular complexity index is 361. The molecule has 0 atom stereocenters. The van der Waals surface area contributed by atoms with E-state index in [1.165, 1.54) is 38.5 Å². The highest BCUT2D eigenvalue weighted by Gasteiger charge is 2.22. The molecule has 2 aliphatic rings. The van der Waals surface area contributed by atoms with Crippen LogP contribution in [0, 0.1) is 5.92 Å². The first-order valence-electron chi connectivity index (χ1n) is 6.95. The van der Waals surface area contributed by atoms with E-state index in [1.54, 1.807) is 0 Å². The lowest BCUT2D eigenvalue weighted by Gasteiger charge is -2.25. The van der Waals surface area contributed by atoms with Crippen LogP contribution in [0.3, 0.4) is 0 Å². The Kier molecular flexibility index (Phi) is 3.14. The molecule has 17 heavy (non-hydrogen) atoms. The second-order valence-corrected chi connectivity index (χ2v) is 5.76. The normalized spacial score (nSPS) is 29.5. The first kappa shape index (κ1) is 11.2. The van der Waals surface area contributed by atoms with E-state index in [1.807, 2.05) is 0 Å². The number of nitrogens with one attached hydrogen (secondary N) is 1. The van der Waals surface area contributed by atoms with Crippen LogP contribution in [-0.4, -0.2) is 21.0 Å². The molecule has 4 heteroatoms. The summed E-state index contributed by atoms with van der Waals surface area (Å²) in [6.45, 7) is 3.23. The number of aromatic nitrogens is 3. The van der Waals surface area contributed by atoms with Crippen LogP contribution >= 0.6 is 0 Å². The largest absolute Gasteiger partial charge is 0.308 e. The fourth-order valence-electron chi connectivity index (χ4n) is 2.62. The molecule has 1 N–H and O–H groups in total. The lowest BCUT2D eigenvalue weighted by molar-refractivity contribution is 0.270. The SMILES string of the molecule is CC1CCC(n2cc(CNC3CC3)nn2)CC1. The van der Waals surface area contributed by atoms with E-state index in [4.69, 9.17) is 0 Å². The van der Waals surface area contributed by atoms with Gasteiger partial charge in [-0.3, -0.25) is 0 Å². The van der Waals surface area contributed by atoms with Crippen LogP contribution in [0.4, 0.5) is 0 Å². The summed E-state index contributed by atoms with van der Waals surface area (Å²) in [6.07, 6.45) is 9.99. The minimum absolute atomic E-state index is 0.591. The first-order valence-corrected chi connectivity index (χ1v) is 6.95. The van der Waals surface area contributed by atoms with Gasteiger partial charge in [-0.2, -0.15) is 0 Å². The molecule has 94 valence electrons. The summed E-state index contributed by atoms with van der Waals surface area (Å²) in [7, 11) is 0. The van der Waals surface area contributed by atoms with Gasteiger partial charge in [-0.1, -0.05) is 12.1 Å². The monoisotopic (exact) mass is 234 g/mol. The Balaban J connectivity index is 1.55. The van der Waals surface area contributed by atoms with E-state index in [0.29, 0.717) is 6.04 Å². The smallest absolute Gasteiger partial charge is 0.0965 e. The van der Waals surface area contributed by atoms with Crippen LogP contribution in [-0.2, 0) is 6.54 Å². The number of rotatable bonds is 4. The van der Waals surface area contributed by atoms with Crippen LogP contribution in [0.1, 0.15) is 57.2 Å². The highest BCUT2D eigenvalue weighted by atomic mass is 15.4. The first-order chi connectivity index (χ1) is 8.31. The van der Waals surface area contributed by atoms with Crippen LogP contribution in [0.25, 0.3) is 0 Å². The topological polar surface area (TPSA) is 42.7 Å². The van der Waals surface area contributed by atoms with Crippen molar-refractivity contribution in [1.29, 1.82) is 0 Å². The second kappa shape index (κ2) is 4.77. The van der Waals surface area contributed by atoms with E-state index in [2.05, 4.69) is 33.4 Å². The maximum Gasteiger partial charge on any atom is 0.0965 e. The molecule has 2 aliphatic carbocycles. The van der Waals surface area contributed by atoms with Crippen molar-refractivity contribution in [2.24, 2.45) is 5.92 Å². The fourth-order valence-corrected chi connectivity index (χ4v) is 2.62. The van der Waals surface area contributed by atoms with Gasteiger partial charge in [0.05, 0.1) is 17.9 Å². The zero-order valence-corrected chi connectivity index (χ0v) is 10.6. The average Bonchev–Trinajstić information content (AvgIpc) is 3.06. The van der Waals surface area contributed by atoms with Crippen LogP contribution in [0.2, 0.25) is 0 Å². The molecule has 2 fully saturated rings. The lowest BCUT2D eigenvalue weighted by Crippen LogP contribution is -2.17. The Morgan fingerprint density at radius 2 is 2.00 bits per heavy atom. The van der Waals surface area contributed by atoms with Gasteiger partial charge in [0.2, 0.25) is 0 Å². The molecule has 0 aromatic carbocycles. The van der Waals surface area contributed by atoms with E-state index >= 15 is 0 Å². The van der Waals surface area contributed by atoms with Gasteiger partial charge in [-0.15, -0.1) is 5.10 Å². The Labute approximate surface area is 103 Å². The molecule has 1 heterocycles. The Morgan fingerprint density at radius 3 is 2.71 bits per heavy atom. The molecule has 3 rings (SSSR count). The zero-order chi connectivity index (χ0) is 11.7. The Hall–Kier alpha value is -0.900. The van der Waals surface area contributed by atoms with Crippen LogP contribution in [0.15, 0.2) is 6.20 Å². The third-order valence-electron chi connectivity index (χ3n) is 4.07. The number of nitrogens with zero attached hydrogens (tertiary/aromatic N) is 3. The summed E-state index contributed by atoms with van der Waals surface area (Å²) in [5.74, 6) is 0.894. The van der Waals surface area contributed by atoms with Crippen LogP contribution < -0.4 is 5.32 Å². The lowest BCUT2D eigenvalue weighted by atomic mass is 9.87. The molecule has 0 radical (unpaired) electrons. The molecule has 1 aromatic heterocycles. The van der Waals surface area contributed by atoms with Gasteiger partial charge in [-0.25, -0.2) is 4.68 Å². The molecule has 0 bridgehead atoms. The van der Waals surface area contributed by atoms with Gasteiger partial charge in [-0.05, 0) is 44.4 Å². The summed E-state index contributed by atoms with van der Waals surface area (Å²) >= 11 is 0. The van der Waals surface area contributed by atoms with Crippen molar-refractivity contribution < 1.29 is 0 Å². The molecule has 0 saturated heterocycles.